The summed E-state index contributed by atoms with van der Waals surface area (Å²) in [5.74, 6) is 2.59. The van der Waals surface area contributed by atoms with E-state index in [1.807, 2.05) is 43.5 Å². The summed E-state index contributed by atoms with van der Waals surface area (Å²) in [6.07, 6.45) is 11.5. The zero-order valence-electron chi connectivity index (χ0n) is 21.5. The van der Waals surface area contributed by atoms with E-state index in [9.17, 15) is 4.79 Å². The minimum Gasteiger partial charge on any atom is -0.485 e. The van der Waals surface area contributed by atoms with Crippen LogP contribution in [0.4, 0.5) is 17.3 Å². The van der Waals surface area contributed by atoms with Gasteiger partial charge in [0.25, 0.3) is 0 Å². The van der Waals surface area contributed by atoms with Crippen molar-refractivity contribution in [1.82, 2.24) is 24.6 Å². The minimum atomic E-state index is 0.0512. The van der Waals surface area contributed by atoms with Gasteiger partial charge in [-0.15, -0.1) is 0 Å². The number of nitrogens with zero attached hydrogens (tertiary/aromatic N) is 6. The second-order valence-electron chi connectivity index (χ2n) is 10.5. The SMILES string of the molecule is C=CC(=O)N1CCC2(CC1)CCN(c1cc3c(c(C)n1)OCc1c(-c4cnn(C)c4)ccnc1N3)CC2. The first-order chi connectivity index (χ1) is 17.9. The van der Waals surface area contributed by atoms with Gasteiger partial charge in [0.15, 0.2) is 5.75 Å². The molecule has 0 aliphatic carbocycles. The van der Waals surface area contributed by atoms with Crippen molar-refractivity contribution in [2.45, 2.75) is 39.2 Å². The van der Waals surface area contributed by atoms with Gasteiger partial charge in [-0.05, 0) is 55.7 Å². The van der Waals surface area contributed by atoms with Crippen LogP contribution in [0.3, 0.4) is 0 Å². The Morgan fingerprint density at radius 1 is 1.19 bits per heavy atom. The first-order valence-electron chi connectivity index (χ1n) is 13.0. The predicted octanol–water partition coefficient (Wildman–Crippen LogP) is 4.22. The maximum absolute atomic E-state index is 12.0. The molecule has 192 valence electrons. The normalized spacial score (nSPS) is 18.3. The zero-order valence-corrected chi connectivity index (χ0v) is 21.5. The van der Waals surface area contributed by atoms with Gasteiger partial charge in [0.05, 0.1) is 17.6 Å². The molecule has 3 aliphatic heterocycles. The Labute approximate surface area is 217 Å². The first-order valence-corrected chi connectivity index (χ1v) is 13.0. The molecule has 2 saturated heterocycles. The highest BCUT2D eigenvalue weighted by atomic mass is 16.5. The fraction of sp³-hybridized carbons (Fsp3) is 0.429. The topological polar surface area (TPSA) is 88.4 Å². The van der Waals surface area contributed by atoms with E-state index < -0.39 is 0 Å². The van der Waals surface area contributed by atoms with E-state index in [4.69, 9.17) is 9.72 Å². The molecular formula is C28H33N7O2. The molecule has 37 heavy (non-hydrogen) atoms. The van der Waals surface area contributed by atoms with Gasteiger partial charge < -0.3 is 19.9 Å². The second-order valence-corrected chi connectivity index (χ2v) is 10.5. The fourth-order valence-corrected chi connectivity index (χ4v) is 5.97. The Bertz CT molecular complexity index is 1350. The summed E-state index contributed by atoms with van der Waals surface area (Å²) in [6.45, 7) is 9.63. The molecule has 6 heterocycles. The number of nitrogens with one attached hydrogen (secondary N) is 1. The van der Waals surface area contributed by atoms with Crippen LogP contribution >= 0.6 is 0 Å². The van der Waals surface area contributed by atoms with Crippen LogP contribution in [0.25, 0.3) is 11.1 Å². The number of carbonyl (C=O) groups is 1. The van der Waals surface area contributed by atoms with E-state index in [0.29, 0.717) is 12.0 Å². The van der Waals surface area contributed by atoms with Crippen molar-refractivity contribution in [3.63, 3.8) is 0 Å². The summed E-state index contributed by atoms with van der Waals surface area (Å²) >= 11 is 0. The molecule has 1 amide bonds. The van der Waals surface area contributed by atoms with E-state index in [-0.39, 0.29) is 5.91 Å². The van der Waals surface area contributed by atoms with Crippen LogP contribution in [0, 0.1) is 12.3 Å². The Morgan fingerprint density at radius 3 is 2.65 bits per heavy atom. The average molecular weight is 500 g/mol. The lowest BCUT2D eigenvalue weighted by atomic mass is 9.71. The molecule has 0 bridgehead atoms. The lowest BCUT2D eigenvalue weighted by Crippen LogP contribution is -2.48. The van der Waals surface area contributed by atoms with E-state index in [0.717, 1.165) is 97.3 Å². The van der Waals surface area contributed by atoms with Crippen molar-refractivity contribution in [1.29, 1.82) is 0 Å². The molecule has 0 saturated carbocycles. The van der Waals surface area contributed by atoms with Crippen molar-refractivity contribution < 1.29 is 9.53 Å². The van der Waals surface area contributed by atoms with Gasteiger partial charge in [0.1, 0.15) is 18.2 Å². The maximum atomic E-state index is 12.0. The molecule has 6 rings (SSSR count). The number of anilines is 3. The van der Waals surface area contributed by atoms with E-state index in [1.165, 1.54) is 6.08 Å². The van der Waals surface area contributed by atoms with Crippen LogP contribution in [0.1, 0.15) is 36.9 Å². The molecular weight excluding hydrogens is 466 g/mol. The number of amides is 1. The lowest BCUT2D eigenvalue weighted by molar-refractivity contribution is -0.128. The van der Waals surface area contributed by atoms with Gasteiger partial charge in [0.2, 0.25) is 5.91 Å². The van der Waals surface area contributed by atoms with E-state index in [1.54, 1.807) is 4.68 Å². The standard InChI is InChI=1S/C28H33N7O2/c1-4-25(36)35-13-8-28(9-14-35)6-11-34(12-7-28)24-15-23-26(19(2)31-24)37-18-22-21(5-10-29-27(22)32-23)20-16-30-33(3)17-20/h4-5,10,15-17H,1,6-9,11-14,18H2,2-3H3,(H,29,32). The zero-order chi connectivity index (χ0) is 25.6. The number of pyridine rings is 2. The quantitative estimate of drug-likeness (QED) is 0.540. The Morgan fingerprint density at radius 2 is 1.95 bits per heavy atom. The summed E-state index contributed by atoms with van der Waals surface area (Å²) in [5.41, 5.74) is 5.19. The van der Waals surface area contributed by atoms with Crippen LogP contribution in [-0.2, 0) is 18.4 Å². The van der Waals surface area contributed by atoms with Crippen LogP contribution in [0.2, 0.25) is 0 Å². The number of aryl methyl sites for hydroxylation is 2. The highest BCUT2D eigenvalue weighted by Gasteiger charge is 2.38. The molecule has 0 radical (unpaired) electrons. The predicted molar refractivity (Wildman–Crippen MR) is 143 cm³/mol. The molecule has 2 fully saturated rings. The third-order valence-corrected chi connectivity index (χ3v) is 8.27. The molecule has 9 heteroatoms. The van der Waals surface area contributed by atoms with Gasteiger partial charge in [-0.2, -0.15) is 5.10 Å². The first kappa shape index (κ1) is 23.5. The van der Waals surface area contributed by atoms with Crippen LogP contribution in [0.5, 0.6) is 5.75 Å². The van der Waals surface area contributed by atoms with E-state index >= 15 is 0 Å². The molecule has 3 aromatic heterocycles. The number of likely N-dealkylation sites (tertiary alicyclic amines) is 1. The number of hydrogen-bond acceptors (Lipinski definition) is 7. The van der Waals surface area contributed by atoms with Gasteiger partial charge in [-0.1, -0.05) is 6.58 Å². The summed E-state index contributed by atoms with van der Waals surface area (Å²) < 4.78 is 8.10. The van der Waals surface area contributed by atoms with Crippen molar-refractivity contribution >= 4 is 23.2 Å². The van der Waals surface area contributed by atoms with Gasteiger partial charge in [-0.25, -0.2) is 9.97 Å². The smallest absolute Gasteiger partial charge is 0.245 e. The third kappa shape index (κ3) is 4.32. The van der Waals surface area contributed by atoms with Crippen molar-refractivity contribution in [3.8, 4) is 16.9 Å². The third-order valence-electron chi connectivity index (χ3n) is 8.27. The minimum absolute atomic E-state index is 0.0512. The fourth-order valence-electron chi connectivity index (χ4n) is 5.97. The van der Waals surface area contributed by atoms with Gasteiger partial charge >= 0.3 is 0 Å². The lowest BCUT2D eigenvalue weighted by Gasteiger charge is -2.47. The molecule has 1 spiro atoms. The largest absolute Gasteiger partial charge is 0.485 e. The molecule has 0 unspecified atom stereocenters. The van der Waals surface area contributed by atoms with Crippen LogP contribution in [-0.4, -0.2) is 56.7 Å². The molecule has 3 aromatic rings. The van der Waals surface area contributed by atoms with Crippen molar-refractivity contribution in [3.05, 3.63) is 54.6 Å². The summed E-state index contributed by atoms with van der Waals surface area (Å²) in [6, 6.07) is 4.11. The number of fused-ring (bicyclic) bond motifs is 2. The van der Waals surface area contributed by atoms with E-state index in [2.05, 4.69) is 32.9 Å². The summed E-state index contributed by atoms with van der Waals surface area (Å²) in [7, 11) is 1.92. The molecule has 0 aromatic carbocycles. The summed E-state index contributed by atoms with van der Waals surface area (Å²) in [5, 5.41) is 7.87. The average Bonchev–Trinajstić information content (AvgIpc) is 3.25. The van der Waals surface area contributed by atoms with Crippen molar-refractivity contribution in [2.75, 3.05) is 36.4 Å². The molecule has 9 nitrogen and oxygen atoms in total. The van der Waals surface area contributed by atoms with Crippen LogP contribution < -0.4 is 15.0 Å². The molecule has 0 atom stereocenters. The Kier molecular flexibility index (Phi) is 5.85. The number of aromatic nitrogens is 4. The molecule has 3 aliphatic rings. The number of ether oxygens (including phenoxy) is 1. The molecule has 1 N–H and O–H groups in total. The summed E-state index contributed by atoms with van der Waals surface area (Å²) in [4.78, 5) is 25.9. The Balaban J connectivity index is 1.20. The van der Waals surface area contributed by atoms with Gasteiger partial charge in [0, 0.05) is 62.8 Å². The van der Waals surface area contributed by atoms with Gasteiger partial charge in [-0.3, -0.25) is 9.48 Å². The maximum Gasteiger partial charge on any atom is 0.245 e. The monoisotopic (exact) mass is 499 g/mol. The number of rotatable bonds is 3. The number of hydrogen-bond donors (Lipinski definition) is 1. The highest BCUT2D eigenvalue weighted by Crippen LogP contribution is 2.44. The second kappa shape index (κ2) is 9.21. The highest BCUT2D eigenvalue weighted by molar-refractivity contribution is 5.87. The Hall–Kier alpha value is -3.88. The number of piperidine rings is 2. The number of carbonyl (C=O) groups excluding carboxylic acids is 1. The van der Waals surface area contributed by atoms with Crippen LogP contribution in [0.15, 0.2) is 43.4 Å². The van der Waals surface area contributed by atoms with Crippen molar-refractivity contribution in [2.24, 2.45) is 12.5 Å².